The van der Waals surface area contributed by atoms with E-state index in [9.17, 15) is 9.90 Å². The van der Waals surface area contributed by atoms with Gasteiger partial charge >= 0.3 is 0 Å². The lowest BCUT2D eigenvalue weighted by atomic mass is 10.4. The first-order chi connectivity index (χ1) is 8.17. The summed E-state index contributed by atoms with van der Waals surface area (Å²) in [6.45, 7) is 1.62. The minimum absolute atomic E-state index is 0.287. The third-order valence-corrected chi connectivity index (χ3v) is 4.34. The van der Waals surface area contributed by atoms with E-state index < -0.39 is 6.10 Å². The number of thiazole rings is 1. The molecular weight excluding hydrogens is 260 g/mol. The summed E-state index contributed by atoms with van der Waals surface area (Å²) in [4.78, 5) is 16.2. The highest BCUT2D eigenvalue weighted by atomic mass is 32.2. The highest BCUT2D eigenvalue weighted by Gasteiger charge is 2.16. The molecule has 0 aromatic carbocycles. The van der Waals surface area contributed by atoms with Crippen LogP contribution in [0, 0.1) is 6.92 Å². The molecule has 2 aromatic rings. The first kappa shape index (κ1) is 12.6. The van der Waals surface area contributed by atoms with Gasteiger partial charge in [-0.15, -0.1) is 23.1 Å². The normalized spacial score (nSPS) is 13.1. The number of hydrogen-bond donors (Lipinski definition) is 2. The van der Waals surface area contributed by atoms with Gasteiger partial charge < -0.3 is 10.2 Å². The molecule has 1 unspecified atom stereocenters. The third-order valence-electron chi connectivity index (χ3n) is 2.27. The molecule has 0 spiro atoms. The van der Waals surface area contributed by atoms with Gasteiger partial charge in [0, 0.05) is 16.8 Å². The van der Waals surface area contributed by atoms with Crippen LogP contribution in [0.3, 0.4) is 0 Å². The number of fused-ring (bicyclic) bond motifs is 1. The Labute approximate surface area is 106 Å². The number of aliphatic hydroxyl groups excluding tert-OH is 2. The Kier molecular flexibility index (Phi) is 3.82. The smallest absolute Gasteiger partial charge is 0.195 e. The summed E-state index contributed by atoms with van der Waals surface area (Å²) in [6.07, 6.45) is -0.0201. The van der Waals surface area contributed by atoms with Crippen molar-refractivity contribution in [3.63, 3.8) is 0 Å². The Morgan fingerprint density at radius 1 is 1.71 bits per heavy atom. The number of aldehydes is 1. The van der Waals surface area contributed by atoms with Gasteiger partial charge in [0.15, 0.2) is 11.2 Å². The summed E-state index contributed by atoms with van der Waals surface area (Å²) in [7, 11) is 0. The summed E-state index contributed by atoms with van der Waals surface area (Å²) in [6, 6.07) is 0. The van der Waals surface area contributed by atoms with Crippen molar-refractivity contribution in [2.45, 2.75) is 18.1 Å². The maximum Gasteiger partial charge on any atom is 0.195 e. The third kappa shape index (κ3) is 2.37. The fraction of sp³-hybridized carbons (Fsp3) is 0.400. The highest BCUT2D eigenvalue weighted by molar-refractivity contribution is 7.99. The maximum atomic E-state index is 11.1. The van der Waals surface area contributed by atoms with Crippen LogP contribution in [0.2, 0.25) is 0 Å². The number of aryl methyl sites for hydroxylation is 1. The van der Waals surface area contributed by atoms with Crippen molar-refractivity contribution in [3.8, 4) is 0 Å². The summed E-state index contributed by atoms with van der Waals surface area (Å²) >= 11 is 2.75. The van der Waals surface area contributed by atoms with Gasteiger partial charge in [-0.3, -0.25) is 9.20 Å². The molecule has 0 bridgehead atoms. The molecular formula is C10H12N2O3S2. The fourth-order valence-corrected chi connectivity index (χ4v) is 3.27. The molecule has 2 aromatic heterocycles. The molecule has 17 heavy (non-hydrogen) atoms. The summed E-state index contributed by atoms with van der Waals surface area (Å²) < 4.78 is 1.80. The Morgan fingerprint density at radius 3 is 3.12 bits per heavy atom. The number of rotatable bonds is 5. The predicted molar refractivity (Wildman–Crippen MR) is 67.0 cm³/mol. The van der Waals surface area contributed by atoms with E-state index >= 15 is 0 Å². The van der Waals surface area contributed by atoms with Gasteiger partial charge in [0.25, 0.3) is 0 Å². The number of aliphatic hydroxyl groups is 2. The first-order valence-corrected chi connectivity index (χ1v) is 6.87. The lowest BCUT2D eigenvalue weighted by molar-refractivity contribution is 0.111. The summed E-state index contributed by atoms with van der Waals surface area (Å²) in [5, 5.41) is 20.5. The molecule has 0 radical (unpaired) electrons. The van der Waals surface area contributed by atoms with Crippen molar-refractivity contribution in [2.24, 2.45) is 0 Å². The Bertz CT molecular complexity index is 535. The van der Waals surface area contributed by atoms with E-state index in [1.807, 2.05) is 12.3 Å². The van der Waals surface area contributed by atoms with Gasteiger partial charge in [0.1, 0.15) is 10.7 Å². The lowest BCUT2D eigenvalue weighted by Gasteiger charge is -2.04. The topological polar surface area (TPSA) is 74.8 Å². The molecule has 0 aliphatic heterocycles. The molecule has 0 amide bonds. The summed E-state index contributed by atoms with van der Waals surface area (Å²) in [5.41, 5.74) is 1.48. The van der Waals surface area contributed by atoms with Gasteiger partial charge in [0.05, 0.1) is 12.7 Å². The van der Waals surface area contributed by atoms with E-state index in [4.69, 9.17) is 5.11 Å². The van der Waals surface area contributed by atoms with E-state index in [1.54, 1.807) is 4.40 Å². The van der Waals surface area contributed by atoms with E-state index in [1.165, 1.54) is 23.1 Å². The Hall–Kier alpha value is -0.890. The second-order valence-corrected chi connectivity index (χ2v) is 5.41. The van der Waals surface area contributed by atoms with Crippen LogP contribution in [0.25, 0.3) is 4.96 Å². The van der Waals surface area contributed by atoms with Gasteiger partial charge in [-0.05, 0) is 6.92 Å². The quantitative estimate of drug-likeness (QED) is 0.626. The lowest BCUT2D eigenvalue weighted by Crippen LogP contribution is -2.14. The minimum Gasteiger partial charge on any atom is -0.394 e. The van der Waals surface area contributed by atoms with Crippen LogP contribution in [0.5, 0.6) is 0 Å². The molecule has 0 saturated carbocycles. The molecule has 2 rings (SSSR count). The van der Waals surface area contributed by atoms with Crippen LogP contribution in [0.1, 0.15) is 16.2 Å². The predicted octanol–water partition coefficient (Wildman–Crippen LogP) is 0.962. The average Bonchev–Trinajstić information content (AvgIpc) is 2.86. The minimum atomic E-state index is -0.791. The number of hydrogen-bond acceptors (Lipinski definition) is 6. The van der Waals surface area contributed by atoms with E-state index in [0.29, 0.717) is 16.5 Å². The molecule has 2 heterocycles. The molecule has 2 N–H and O–H groups in total. The summed E-state index contributed by atoms with van der Waals surface area (Å²) in [5.74, 6) is 0.321. The van der Waals surface area contributed by atoms with Crippen molar-refractivity contribution in [1.82, 2.24) is 9.38 Å². The zero-order chi connectivity index (χ0) is 12.4. The van der Waals surface area contributed by atoms with Crippen molar-refractivity contribution in [2.75, 3.05) is 12.4 Å². The van der Waals surface area contributed by atoms with Crippen LogP contribution < -0.4 is 0 Å². The maximum absolute atomic E-state index is 11.1. The van der Waals surface area contributed by atoms with Crippen LogP contribution >= 0.6 is 23.1 Å². The van der Waals surface area contributed by atoms with Gasteiger partial charge in [0.2, 0.25) is 0 Å². The van der Waals surface area contributed by atoms with Crippen molar-refractivity contribution in [3.05, 3.63) is 16.8 Å². The zero-order valence-electron chi connectivity index (χ0n) is 9.16. The zero-order valence-corrected chi connectivity index (χ0v) is 10.8. The SMILES string of the molecule is Cc1csc2nc(SCC(O)CO)c(C=O)n12. The number of carbonyl (C=O) groups is 1. The van der Waals surface area contributed by atoms with Crippen LogP contribution in [0.4, 0.5) is 0 Å². The van der Waals surface area contributed by atoms with Crippen molar-refractivity contribution < 1.29 is 15.0 Å². The first-order valence-electron chi connectivity index (χ1n) is 5.00. The van der Waals surface area contributed by atoms with Crippen LogP contribution in [-0.2, 0) is 0 Å². The molecule has 0 fully saturated rings. The number of carbonyl (C=O) groups excluding carboxylic acids is 1. The second kappa shape index (κ2) is 5.18. The standard InChI is InChI=1S/C10H12N2O3S2/c1-6-4-17-10-11-9(8(3-14)12(6)10)16-5-7(15)2-13/h3-4,7,13,15H,2,5H2,1H3. The van der Waals surface area contributed by atoms with E-state index in [-0.39, 0.29) is 6.61 Å². The van der Waals surface area contributed by atoms with Gasteiger partial charge in [-0.1, -0.05) is 0 Å². The number of aromatic nitrogens is 2. The fourth-order valence-electron chi connectivity index (χ4n) is 1.44. The Balaban J connectivity index is 2.30. The molecule has 0 aliphatic rings. The largest absolute Gasteiger partial charge is 0.394 e. The molecule has 7 heteroatoms. The van der Waals surface area contributed by atoms with E-state index in [0.717, 1.165) is 16.9 Å². The van der Waals surface area contributed by atoms with Crippen molar-refractivity contribution in [1.29, 1.82) is 0 Å². The van der Waals surface area contributed by atoms with Crippen molar-refractivity contribution >= 4 is 34.3 Å². The monoisotopic (exact) mass is 272 g/mol. The van der Waals surface area contributed by atoms with Crippen LogP contribution in [-0.4, -0.2) is 44.3 Å². The number of thioether (sulfide) groups is 1. The van der Waals surface area contributed by atoms with Crippen LogP contribution in [0.15, 0.2) is 10.4 Å². The second-order valence-electron chi connectivity index (χ2n) is 3.56. The van der Waals surface area contributed by atoms with Gasteiger partial charge in [-0.25, -0.2) is 4.98 Å². The Morgan fingerprint density at radius 2 is 2.47 bits per heavy atom. The number of imidazole rings is 1. The average molecular weight is 272 g/mol. The molecule has 0 aliphatic carbocycles. The molecule has 5 nitrogen and oxygen atoms in total. The molecule has 1 atom stereocenters. The number of nitrogens with zero attached hydrogens (tertiary/aromatic N) is 2. The molecule has 92 valence electrons. The molecule has 0 saturated heterocycles. The highest BCUT2D eigenvalue weighted by Crippen LogP contribution is 2.26. The van der Waals surface area contributed by atoms with Gasteiger partial charge in [-0.2, -0.15) is 0 Å². The van der Waals surface area contributed by atoms with E-state index in [2.05, 4.69) is 4.98 Å².